The molecule has 6 heteroatoms. The Morgan fingerprint density at radius 2 is 2.28 bits per heavy atom. The number of aliphatic carboxylic acids is 1. The highest BCUT2D eigenvalue weighted by atomic mass is 32.1. The molecule has 0 atom stereocenters. The van der Waals surface area contributed by atoms with Crippen molar-refractivity contribution in [2.75, 3.05) is 7.11 Å². The van der Waals surface area contributed by atoms with Crippen molar-refractivity contribution < 1.29 is 19.7 Å². The Kier molecular flexibility index (Phi) is 3.47. The third-order valence-corrected chi connectivity index (χ3v) is 3.25. The summed E-state index contributed by atoms with van der Waals surface area (Å²) in [5.74, 6) is -0.485. The number of nitrogens with zero attached hydrogens (tertiary/aromatic N) is 1. The lowest BCUT2D eigenvalue weighted by Crippen LogP contribution is -1.99. The molecule has 1 heterocycles. The molecule has 0 saturated heterocycles. The van der Waals surface area contributed by atoms with Gasteiger partial charge >= 0.3 is 5.97 Å². The van der Waals surface area contributed by atoms with Gasteiger partial charge in [-0.25, -0.2) is 4.98 Å². The van der Waals surface area contributed by atoms with Crippen molar-refractivity contribution in [2.24, 2.45) is 0 Å². The van der Waals surface area contributed by atoms with Crippen LogP contribution in [0.3, 0.4) is 0 Å². The fraction of sp³-hybridized carbons (Fsp3) is 0.167. The maximum absolute atomic E-state index is 10.6. The van der Waals surface area contributed by atoms with E-state index in [1.807, 2.05) is 0 Å². The van der Waals surface area contributed by atoms with Crippen LogP contribution in [-0.4, -0.2) is 28.3 Å². The molecule has 0 amide bonds. The van der Waals surface area contributed by atoms with Crippen LogP contribution >= 0.6 is 11.3 Å². The normalized spacial score (nSPS) is 10.3. The predicted octanol–water partition coefficient (Wildman–Crippen LogP) is 2.15. The van der Waals surface area contributed by atoms with E-state index in [0.29, 0.717) is 16.5 Å². The van der Waals surface area contributed by atoms with E-state index in [1.54, 1.807) is 17.5 Å². The highest BCUT2D eigenvalue weighted by molar-refractivity contribution is 7.13. The van der Waals surface area contributed by atoms with E-state index in [9.17, 15) is 9.90 Å². The summed E-state index contributed by atoms with van der Waals surface area (Å²) in [7, 11) is 1.47. The van der Waals surface area contributed by atoms with E-state index in [-0.39, 0.29) is 12.2 Å². The number of carboxylic acids is 1. The van der Waals surface area contributed by atoms with Gasteiger partial charge in [-0.2, -0.15) is 0 Å². The third kappa shape index (κ3) is 2.60. The van der Waals surface area contributed by atoms with Gasteiger partial charge in [0.15, 0.2) is 11.5 Å². The molecular formula is C12H11NO4S. The Morgan fingerprint density at radius 1 is 1.50 bits per heavy atom. The Labute approximate surface area is 107 Å². The van der Waals surface area contributed by atoms with Crippen LogP contribution in [0.1, 0.15) is 5.69 Å². The number of carboxylic acid groups (broad SMARTS) is 1. The van der Waals surface area contributed by atoms with Crippen LogP contribution in [0.4, 0.5) is 0 Å². The van der Waals surface area contributed by atoms with Crippen LogP contribution in [-0.2, 0) is 11.2 Å². The summed E-state index contributed by atoms with van der Waals surface area (Å²) in [4.78, 5) is 14.8. The molecule has 0 aliphatic carbocycles. The average molecular weight is 265 g/mol. The van der Waals surface area contributed by atoms with Gasteiger partial charge in [0.25, 0.3) is 0 Å². The fourth-order valence-corrected chi connectivity index (χ4v) is 2.30. The smallest absolute Gasteiger partial charge is 0.309 e. The molecule has 5 nitrogen and oxygen atoms in total. The molecule has 1 aromatic heterocycles. The first-order chi connectivity index (χ1) is 8.60. The first-order valence-corrected chi connectivity index (χ1v) is 6.01. The molecule has 0 spiro atoms. The number of rotatable bonds is 4. The number of methoxy groups -OCH3 is 1. The van der Waals surface area contributed by atoms with Crippen molar-refractivity contribution in [3.8, 4) is 22.1 Å². The number of thiazole rings is 1. The van der Waals surface area contributed by atoms with E-state index < -0.39 is 5.97 Å². The van der Waals surface area contributed by atoms with Gasteiger partial charge in [0.2, 0.25) is 0 Å². The zero-order valence-corrected chi connectivity index (χ0v) is 10.4. The maximum Gasteiger partial charge on any atom is 0.309 e. The van der Waals surface area contributed by atoms with Crippen molar-refractivity contribution in [1.82, 2.24) is 4.98 Å². The number of hydrogen-bond acceptors (Lipinski definition) is 5. The van der Waals surface area contributed by atoms with Crippen LogP contribution in [0.5, 0.6) is 11.5 Å². The van der Waals surface area contributed by atoms with Crippen molar-refractivity contribution >= 4 is 17.3 Å². The second-order valence-corrected chi connectivity index (χ2v) is 4.46. The van der Waals surface area contributed by atoms with E-state index >= 15 is 0 Å². The lowest BCUT2D eigenvalue weighted by atomic mass is 10.2. The summed E-state index contributed by atoms with van der Waals surface area (Å²) in [5.41, 5.74) is 1.31. The van der Waals surface area contributed by atoms with Gasteiger partial charge in [0, 0.05) is 10.9 Å². The molecular weight excluding hydrogens is 254 g/mol. The lowest BCUT2D eigenvalue weighted by Gasteiger charge is -2.04. The van der Waals surface area contributed by atoms with Crippen molar-refractivity contribution in [3.63, 3.8) is 0 Å². The molecule has 94 valence electrons. The van der Waals surface area contributed by atoms with Gasteiger partial charge in [-0.15, -0.1) is 11.3 Å². The SMILES string of the molecule is COc1cc(-c2nc(CC(=O)O)cs2)ccc1O. The number of aromatic nitrogens is 1. The van der Waals surface area contributed by atoms with E-state index in [4.69, 9.17) is 9.84 Å². The predicted molar refractivity (Wildman–Crippen MR) is 67.1 cm³/mol. The fourth-order valence-electron chi connectivity index (χ4n) is 1.49. The summed E-state index contributed by atoms with van der Waals surface area (Å²) in [5, 5.41) is 20.6. The van der Waals surface area contributed by atoms with Crippen LogP contribution in [0, 0.1) is 0 Å². The van der Waals surface area contributed by atoms with Crippen molar-refractivity contribution in [3.05, 3.63) is 29.3 Å². The Bertz CT molecular complexity index is 579. The van der Waals surface area contributed by atoms with Crippen molar-refractivity contribution in [2.45, 2.75) is 6.42 Å². The molecule has 2 rings (SSSR count). The quantitative estimate of drug-likeness (QED) is 0.885. The molecule has 0 unspecified atom stereocenters. The standard InChI is InChI=1S/C12H11NO4S/c1-17-10-4-7(2-3-9(10)14)12-13-8(6-18-12)5-11(15)16/h2-4,6,14H,5H2,1H3,(H,15,16). The summed E-state index contributed by atoms with van der Waals surface area (Å²) < 4.78 is 5.01. The van der Waals surface area contributed by atoms with Gasteiger partial charge in [0.1, 0.15) is 5.01 Å². The minimum absolute atomic E-state index is 0.0589. The van der Waals surface area contributed by atoms with Gasteiger partial charge in [-0.3, -0.25) is 4.79 Å². The summed E-state index contributed by atoms with van der Waals surface area (Å²) in [6.07, 6.45) is -0.0915. The number of aromatic hydroxyl groups is 1. The monoisotopic (exact) mass is 265 g/mol. The number of hydrogen-bond donors (Lipinski definition) is 2. The Balaban J connectivity index is 2.31. The number of phenolic OH excluding ortho intramolecular Hbond substituents is 1. The molecule has 18 heavy (non-hydrogen) atoms. The zero-order valence-electron chi connectivity index (χ0n) is 9.58. The number of ether oxygens (including phenoxy) is 1. The lowest BCUT2D eigenvalue weighted by molar-refractivity contribution is -0.136. The molecule has 1 aromatic carbocycles. The van der Waals surface area contributed by atoms with Crippen LogP contribution in [0.15, 0.2) is 23.6 Å². The van der Waals surface area contributed by atoms with Crippen LogP contribution in [0.2, 0.25) is 0 Å². The number of carbonyl (C=O) groups is 1. The molecule has 0 aliphatic rings. The average Bonchev–Trinajstić information content (AvgIpc) is 2.77. The Morgan fingerprint density at radius 3 is 2.94 bits per heavy atom. The summed E-state index contributed by atoms with van der Waals surface area (Å²) >= 11 is 1.36. The first kappa shape index (κ1) is 12.4. The first-order valence-electron chi connectivity index (χ1n) is 5.13. The van der Waals surface area contributed by atoms with Gasteiger partial charge < -0.3 is 14.9 Å². The molecule has 0 radical (unpaired) electrons. The van der Waals surface area contributed by atoms with Gasteiger partial charge in [-0.05, 0) is 18.2 Å². The summed E-state index contributed by atoms with van der Waals surface area (Å²) in [6, 6.07) is 4.90. The minimum Gasteiger partial charge on any atom is -0.504 e. The molecule has 0 saturated carbocycles. The molecule has 0 bridgehead atoms. The molecule has 0 fully saturated rings. The van der Waals surface area contributed by atoms with Crippen LogP contribution < -0.4 is 4.74 Å². The highest BCUT2D eigenvalue weighted by Gasteiger charge is 2.10. The molecule has 0 aliphatic heterocycles. The highest BCUT2D eigenvalue weighted by Crippen LogP contribution is 2.32. The van der Waals surface area contributed by atoms with Gasteiger partial charge in [0.05, 0.1) is 19.2 Å². The van der Waals surface area contributed by atoms with Crippen LogP contribution in [0.25, 0.3) is 10.6 Å². The number of phenols is 1. The second-order valence-electron chi connectivity index (χ2n) is 3.60. The van der Waals surface area contributed by atoms with Gasteiger partial charge in [-0.1, -0.05) is 0 Å². The maximum atomic E-state index is 10.6. The van der Waals surface area contributed by atoms with E-state index in [1.165, 1.54) is 24.5 Å². The number of benzene rings is 1. The van der Waals surface area contributed by atoms with Crippen molar-refractivity contribution in [1.29, 1.82) is 0 Å². The Hall–Kier alpha value is -2.08. The third-order valence-electron chi connectivity index (χ3n) is 2.31. The molecule has 2 aromatic rings. The minimum atomic E-state index is -0.907. The second kappa shape index (κ2) is 5.05. The molecule has 2 N–H and O–H groups in total. The summed E-state index contributed by atoms with van der Waals surface area (Å²) in [6.45, 7) is 0. The van der Waals surface area contributed by atoms with E-state index in [0.717, 1.165) is 5.56 Å². The largest absolute Gasteiger partial charge is 0.504 e. The van der Waals surface area contributed by atoms with E-state index in [2.05, 4.69) is 4.98 Å². The topological polar surface area (TPSA) is 79.7 Å². The zero-order chi connectivity index (χ0) is 13.1.